The van der Waals surface area contributed by atoms with Crippen LogP contribution in [0.1, 0.15) is 41.2 Å². The molecule has 2 fully saturated rings. The number of rotatable bonds is 6. The third-order valence-corrected chi connectivity index (χ3v) is 7.10. The van der Waals surface area contributed by atoms with Gasteiger partial charge in [-0.15, -0.1) is 0 Å². The van der Waals surface area contributed by atoms with Crippen LogP contribution in [0.4, 0.5) is 11.4 Å². The Labute approximate surface area is 206 Å². The van der Waals surface area contributed by atoms with Gasteiger partial charge in [-0.3, -0.25) is 9.78 Å². The Bertz CT molecular complexity index is 1510. The van der Waals surface area contributed by atoms with E-state index >= 15 is 0 Å². The van der Waals surface area contributed by atoms with Crippen molar-refractivity contribution in [1.82, 2.24) is 20.3 Å². The number of aromatic amines is 1. The van der Waals surface area contributed by atoms with E-state index in [1.54, 1.807) is 19.4 Å². The third kappa shape index (κ3) is 3.39. The second-order valence-corrected chi connectivity index (χ2v) is 9.63. The number of aromatic nitrogens is 3. The average molecular weight is 488 g/mol. The van der Waals surface area contributed by atoms with Crippen molar-refractivity contribution in [3.05, 3.63) is 58.9 Å². The second-order valence-electron chi connectivity index (χ2n) is 9.22. The summed E-state index contributed by atoms with van der Waals surface area (Å²) >= 11 is 6.39. The molecule has 1 aromatic carbocycles. The zero-order valence-corrected chi connectivity index (χ0v) is 19.6. The van der Waals surface area contributed by atoms with E-state index in [4.69, 9.17) is 26.1 Å². The minimum Gasteiger partial charge on any atom is -0.493 e. The number of benzene rings is 1. The number of ether oxygens (including phenoxy) is 2. The van der Waals surface area contributed by atoms with E-state index in [0.29, 0.717) is 39.1 Å². The van der Waals surface area contributed by atoms with Crippen LogP contribution in [0.2, 0.25) is 5.02 Å². The Morgan fingerprint density at radius 3 is 2.89 bits per heavy atom. The van der Waals surface area contributed by atoms with Crippen LogP contribution < -0.4 is 20.1 Å². The first-order valence-corrected chi connectivity index (χ1v) is 12.1. The highest BCUT2D eigenvalue weighted by Crippen LogP contribution is 2.51. The molecule has 8 nitrogen and oxygen atoms in total. The van der Waals surface area contributed by atoms with Gasteiger partial charge in [0.2, 0.25) is 5.88 Å². The molecule has 176 valence electrons. The molecular formula is C26H22ClN5O3. The molecule has 2 aliphatic carbocycles. The highest BCUT2D eigenvalue weighted by atomic mass is 35.5. The summed E-state index contributed by atoms with van der Waals surface area (Å²) in [6.45, 7) is 0. The molecule has 7 rings (SSSR count). The van der Waals surface area contributed by atoms with Crippen molar-refractivity contribution < 1.29 is 14.3 Å². The Kier molecular flexibility index (Phi) is 4.48. The summed E-state index contributed by atoms with van der Waals surface area (Å²) in [5, 5.41) is 7.04. The van der Waals surface area contributed by atoms with Crippen LogP contribution >= 0.6 is 11.6 Å². The molecule has 3 aliphatic rings. The van der Waals surface area contributed by atoms with Crippen LogP contribution in [-0.2, 0) is 0 Å². The Morgan fingerprint density at radius 2 is 2.06 bits per heavy atom. The molecule has 3 aromatic heterocycles. The first-order chi connectivity index (χ1) is 17.1. The molecular weight excluding hydrogens is 466 g/mol. The molecule has 2 atom stereocenters. The molecule has 0 saturated heterocycles. The van der Waals surface area contributed by atoms with Crippen molar-refractivity contribution in [2.24, 2.45) is 0 Å². The molecule has 3 N–H and O–H groups in total. The van der Waals surface area contributed by atoms with Crippen molar-refractivity contribution in [3.8, 4) is 22.9 Å². The molecule has 1 aliphatic heterocycles. The maximum atomic E-state index is 13.2. The summed E-state index contributed by atoms with van der Waals surface area (Å²) in [6, 6.07) is 11.4. The second kappa shape index (κ2) is 7.61. The fourth-order valence-electron chi connectivity index (χ4n) is 4.86. The van der Waals surface area contributed by atoms with E-state index in [9.17, 15) is 4.79 Å². The highest BCUT2D eigenvalue weighted by Gasteiger charge is 2.48. The summed E-state index contributed by atoms with van der Waals surface area (Å²) in [4.78, 5) is 26.1. The van der Waals surface area contributed by atoms with E-state index < -0.39 is 0 Å². The lowest BCUT2D eigenvalue weighted by atomic mass is 10.0. The van der Waals surface area contributed by atoms with E-state index in [-0.39, 0.29) is 24.0 Å². The fourth-order valence-corrected chi connectivity index (χ4v) is 5.11. The number of fused-ring (bicyclic) bond motifs is 4. The lowest BCUT2D eigenvalue weighted by Crippen LogP contribution is -2.31. The number of hydrogen-bond donors (Lipinski definition) is 3. The Hall–Kier alpha value is -3.78. The van der Waals surface area contributed by atoms with Gasteiger partial charge in [0.1, 0.15) is 11.6 Å². The number of carbonyl (C=O) groups is 1. The van der Waals surface area contributed by atoms with E-state index in [0.717, 1.165) is 41.7 Å². The van der Waals surface area contributed by atoms with Crippen molar-refractivity contribution in [3.63, 3.8) is 0 Å². The number of anilines is 2. The van der Waals surface area contributed by atoms with Crippen LogP contribution in [0, 0.1) is 0 Å². The molecule has 2 unspecified atom stereocenters. The molecule has 2 saturated carbocycles. The summed E-state index contributed by atoms with van der Waals surface area (Å²) in [7, 11) is 1.57. The minimum absolute atomic E-state index is 0.103. The molecule has 4 aromatic rings. The number of pyridine rings is 2. The van der Waals surface area contributed by atoms with Crippen LogP contribution in [0.3, 0.4) is 0 Å². The number of halogens is 1. The average Bonchev–Trinajstić information content (AvgIpc) is 3.78. The number of nitrogens with one attached hydrogen (secondary N) is 3. The summed E-state index contributed by atoms with van der Waals surface area (Å²) in [5.74, 6) is 1.26. The standard InChI is InChI=1S/C26H22ClN5O3/c1-34-25-15(27)3-2-4-17(25)29-24-20-22(14-11-18(14)30-26(20)33)32-23(24)13-9-10-28-16-7-8-19(31-21(13)16)35-12-5-6-12/h2-4,7-10,12,14,18,29,32H,5-6,11H2,1H3,(H,30,33). The van der Waals surface area contributed by atoms with Gasteiger partial charge in [0.15, 0.2) is 5.75 Å². The number of carbonyl (C=O) groups excluding carboxylic acids is 1. The highest BCUT2D eigenvalue weighted by molar-refractivity contribution is 6.32. The molecule has 1 amide bonds. The molecule has 4 heterocycles. The number of amides is 1. The Morgan fingerprint density at radius 1 is 1.17 bits per heavy atom. The minimum atomic E-state index is -0.103. The fraction of sp³-hybridized carbons (Fsp3) is 0.269. The quantitative estimate of drug-likeness (QED) is 0.347. The SMILES string of the molecule is COc1c(Cl)cccc1Nc1c(-c2ccnc3ccc(OC4CC4)nc23)[nH]c2c1C(=O)NC1CC21. The lowest BCUT2D eigenvalue weighted by molar-refractivity contribution is 0.0944. The van der Waals surface area contributed by atoms with Gasteiger partial charge in [-0.1, -0.05) is 17.7 Å². The zero-order valence-electron chi connectivity index (χ0n) is 18.9. The third-order valence-electron chi connectivity index (χ3n) is 6.80. The van der Waals surface area contributed by atoms with E-state index in [1.807, 2.05) is 30.3 Å². The van der Waals surface area contributed by atoms with Gasteiger partial charge in [-0.2, -0.15) is 0 Å². The van der Waals surface area contributed by atoms with Crippen LogP contribution in [-0.4, -0.2) is 40.1 Å². The van der Waals surface area contributed by atoms with Gasteiger partial charge in [-0.25, -0.2) is 4.98 Å². The van der Waals surface area contributed by atoms with Crippen molar-refractivity contribution in [1.29, 1.82) is 0 Å². The number of nitrogens with zero attached hydrogens (tertiary/aromatic N) is 2. The summed E-state index contributed by atoms with van der Waals surface area (Å²) in [6.07, 6.45) is 5.02. The van der Waals surface area contributed by atoms with Gasteiger partial charge in [0.25, 0.3) is 5.91 Å². The zero-order chi connectivity index (χ0) is 23.7. The van der Waals surface area contributed by atoms with Crippen LogP contribution in [0.5, 0.6) is 11.6 Å². The monoisotopic (exact) mass is 487 g/mol. The van der Waals surface area contributed by atoms with Gasteiger partial charge in [0, 0.05) is 35.5 Å². The molecule has 9 heteroatoms. The summed E-state index contributed by atoms with van der Waals surface area (Å²) < 4.78 is 11.5. The molecule has 0 spiro atoms. The van der Waals surface area contributed by atoms with Crippen molar-refractivity contribution >= 4 is 39.9 Å². The molecule has 0 radical (unpaired) electrons. The lowest BCUT2D eigenvalue weighted by Gasteiger charge is -2.17. The van der Waals surface area contributed by atoms with Crippen molar-refractivity contribution in [2.45, 2.75) is 37.3 Å². The van der Waals surface area contributed by atoms with E-state index in [2.05, 4.69) is 20.6 Å². The van der Waals surface area contributed by atoms with Crippen LogP contribution in [0.25, 0.3) is 22.3 Å². The van der Waals surface area contributed by atoms with Gasteiger partial charge in [-0.05, 0) is 43.5 Å². The number of methoxy groups -OCH3 is 1. The smallest absolute Gasteiger partial charge is 0.255 e. The van der Waals surface area contributed by atoms with Crippen molar-refractivity contribution in [2.75, 3.05) is 12.4 Å². The van der Waals surface area contributed by atoms with Crippen LogP contribution in [0.15, 0.2) is 42.6 Å². The number of H-pyrrole nitrogens is 1. The predicted octanol–water partition coefficient (Wildman–Crippen LogP) is 5.17. The molecule has 0 bridgehead atoms. The number of hydrogen-bond acceptors (Lipinski definition) is 6. The first kappa shape index (κ1) is 20.6. The first-order valence-electron chi connectivity index (χ1n) is 11.7. The van der Waals surface area contributed by atoms with Gasteiger partial charge < -0.3 is 25.1 Å². The topological polar surface area (TPSA) is 101 Å². The normalized spacial score (nSPS) is 20.1. The van der Waals surface area contributed by atoms with Gasteiger partial charge >= 0.3 is 0 Å². The molecule has 35 heavy (non-hydrogen) atoms. The Balaban J connectivity index is 1.43. The van der Waals surface area contributed by atoms with E-state index in [1.165, 1.54) is 0 Å². The maximum absolute atomic E-state index is 13.2. The maximum Gasteiger partial charge on any atom is 0.255 e. The van der Waals surface area contributed by atoms with Gasteiger partial charge in [0.05, 0.1) is 40.3 Å². The largest absolute Gasteiger partial charge is 0.493 e. The summed E-state index contributed by atoms with van der Waals surface area (Å²) in [5.41, 5.74) is 5.92. The predicted molar refractivity (Wildman–Crippen MR) is 133 cm³/mol. The number of para-hydroxylation sites is 1.